The summed E-state index contributed by atoms with van der Waals surface area (Å²) in [5, 5.41) is 19.3. The summed E-state index contributed by atoms with van der Waals surface area (Å²) < 4.78 is 61.8. The summed E-state index contributed by atoms with van der Waals surface area (Å²) in [6.45, 7) is 0.787. The van der Waals surface area contributed by atoms with Crippen molar-refractivity contribution in [1.29, 1.82) is 0 Å². The summed E-state index contributed by atoms with van der Waals surface area (Å²) in [4.78, 5) is 1.60. The first-order valence-electron chi connectivity index (χ1n) is 10.2. The van der Waals surface area contributed by atoms with Gasteiger partial charge < -0.3 is 10.6 Å². The van der Waals surface area contributed by atoms with Crippen LogP contribution in [0.5, 0.6) is 0 Å². The highest BCUT2D eigenvalue weighted by Gasteiger charge is 2.29. The van der Waals surface area contributed by atoms with Crippen LogP contribution in [0.3, 0.4) is 0 Å². The first-order chi connectivity index (χ1) is 16.1. The molecule has 4 rings (SSSR count). The molecule has 1 fully saturated rings. The number of sulfonamides is 1. The number of anilines is 1. The molecule has 0 radical (unpaired) electrons. The fourth-order valence-corrected chi connectivity index (χ4v) is 7.44. The average molecular weight is 526 g/mol. The largest absolute Gasteiger partial charge is 0.369 e. The van der Waals surface area contributed by atoms with Crippen LogP contribution < -0.4 is 15.8 Å². The van der Waals surface area contributed by atoms with Gasteiger partial charge in [-0.2, -0.15) is 5.21 Å². The van der Waals surface area contributed by atoms with Crippen LogP contribution in [0.15, 0.2) is 46.2 Å². The predicted octanol–water partition coefficient (Wildman–Crippen LogP) is -0.518. The Balaban J connectivity index is 1.90. The van der Waals surface area contributed by atoms with E-state index in [0.29, 0.717) is 24.2 Å². The zero-order valence-corrected chi connectivity index (χ0v) is 20.4. The van der Waals surface area contributed by atoms with Gasteiger partial charge in [-0.05, 0) is 34.5 Å². The van der Waals surface area contributed by atoms with Crippen molar-refractivity contribution in [3.05, 3.63) is 36.4 Å². The molecule has 182 valence electrons. The molecule has 0 spiro atoms. The number of sulfone groups is 1. The van der Waals surface area contributed by atoms with Crippen LogP contribution in [0.25, 0.3) is 22.5 Å². The summed E-state index contributed by atoms with van der Waals surface area (Å²) in [7, 11) is -9.14. The maximum absolute atomic E-state index is 12.8. The Kier molecular flexibility index (Phi) is 6.82. The van der Waals surface area contributed by atoms with Gasteiger partial charge in [-0.15, -0.1) is 10.2 Å². The lowest BCUT2D eigenvalue weighted by atomic mass is 9.98. The van der Waals surface area contributed by atoms with Gasteiger partial charge in [-0.25, -0.2) is 22.0 Å². The Morgan fingerprint density at radius 2 is 1.88 bits per heavy atom. The standard InChI is InChI=1S/C19H23N7O5S3/c20-6-9-32(27)16-5-4-15(17(18(16)34(21,30)31)19-22-24-25-23-19)13-2-1-3-14(12-13)26-7-10-33(28,29)11-8-26/h1-5,12H,6-11,20H2,(H2,21,30,31)(H,22,23,24,25). The van der Waals surface area contributed by atoms with E-state index >= 15 is 0 Å². The molecule has 0 aliphatic carbocycles. The fourth-order valence-electron chi connectivity index (χ4n) is 3.81. The van der Waals surface area contributed by atoms with Crippen LogP contribution in [-0.2, 0) is 30.7 Å². The van der Waals surface area contributed by atoms with Crippen LogP contribution >= 0.6 is 0 Å². The molecule has 5 N–H and O–H groups in total. The number of nitrogens with one attached hydrogen (secondary N) is 1. The first-order valence-corrected chi connectivity index (χ1v) is 14.9. The van der Waals surface area contributed by atoms with Crippen molar-refractivity contribution in [2.75, 3.05) is 41.8 Å². The number of hydrogen-bond donors (Lipinski definition) is 3. The molecule has 0 saturated carbocycles. The highest BCUT2D eigenvalue weighted by atomic mass is 32.2. The lowest BCUT2D eigenvalue weighted by Gasteiger charge is -2.29. The molecule has 12 nitrogen and oxygen atoms in total. The molecule has 1 atom stereocenters. The molecule has 0 amide bonds. The van der Waals surface area contributed by atoms with Crippen molar-refractivity contribution in [2.45, 2.75) is 9.79 Å². The monoisotopic (exact) mass is 525 g/mol. The minimum absolute atomic E-state index is 0.00823. The average Bonchev–Trinajstić information content (AvgIpc) is 3.32. The minimum atomic E-state index is -4.36. The SMILES string of the molecule is NCCS(=O)c1ccc(-c2cccc(N3CCS(=O)(=O)CC3)c2)c(-c2nn[nH]n2)c1S(N)(=O)=O. The molecule has 1 aromatic heterocycles. The topological polar surface area (TPSA) is 195 Å². The molecule has 1 aliphatic rings. The number of rotatable bonds is 7. The molecule has 1 saturated heterocycles. The lowest BCUT2D eigenvalue weighted by Crippen LogP contribution is -2.40. The summed E-state index contributed by atoms with van der Waals surface area (Å²) in [6.07, 6.45) is 0. The van der Waals surface area contributed by atoms with Gasteiger partial charge in [0, 0.05) is 31.1 Å². The van der Waals surface area contributed by atoms with Gasteiger partial charge in [0.15, 0.2) is 9.84 Å². The Labute approximate surface area is 199 Å². The maximum Gasteiger partial charge on any atom is 0.240 e. The van der Waals surface area contributed by atoms with Gasteiger partial charge in [0.1, 0.15) is 4.90 Å². The third-order valence-corrected chi connectivity index (χ3v) is 9.56. The van der Waals surface area contributed by atoms with Crippen LogP contribution in [0.4, 0.5) is 5.69 Å². The van der Waals surface area contributed by atoms with E-state index in [1.165, 1.54) is 6.07 Å². The number of hydrogen-bond acceptors (Lipinski definition) is 10. The number of aromatic amines is 1. The zero-order valence-electron chi connectivity index (χ0n) is 17.9. The Morgan fingerprint density at radius 3 is 2.50 bits per heavy atom. The van der Waals surface area contributed by atoms with E-state index in [4.69, 9.17) is 10.9 Å². The molecule has 2 heterocycles. The summed E-state index contributed by atoms with van der Waals surface area (Å²) in [5.74, 6) is 0.131. The predicted molar refractivity (Wildman–Crippen MR) is 128 cm³/mol. The molecule has 3 aromatic rings. The number of nitrogens with zero attached hydrogens (tertiary/aromatic N) is 4. The van der Waals surface area contributed by atoms with Crippen molar-refractivity contribution < 1.29 is 21.0 Å². The van der Waals surface area contributed by atoms with Crippen LogP contribution in [0.1, 0.15) is 0 Å². The smallest absolute Gasteiger partial charge is 0.240 e. The number of benzene rings is 2. The van der Waals surface area contributed by atoms with Crippen molar-refractivity contribution in [1.82, 2.24) is 20.6 Å². The van der Waals surface area contributed by atoms with E-state index in [2.05, 4.69) is 20.6 Å². The number of H-pyrrole nitrogens is 1. The van der Waals surface area contributed by atoms with E-state index < -0.39 is 30.7 Å². The number of primary sulfonamides is 1. The van der Waals surface area contributed by atoms with Crippen molar-refractivity contribution in [3.8, 4) is 22.5 Å². The van der Waals surface area contributed by atoms with E-state index in [9.17, 15) is 21.0 Å². The fraction of sp³-hybridized carbons (Fsp3) is 0.316. The molecular formula is C19H23N7O5S3. The molecule has 1 unspecified atom stereocenters. The highest BCUT2D eigenvalue weighted by molar-refractivity contribution is 7.91. The molecule has 15 heteroatoms. The molecule has 1 aliphatic heterocycles. The number of nitrogens with two attached hydrogens (primary N) is 2. The molecular weight excluding hydrogens is 502 g/mol. The lowest BCUT2D eigenvalue weighted by molar-refractivity contribution is 0.586. The second kappa shape index (κ2) is 9.50. The Morgan fingerprint density at radius 1 is 1.15 bits per heavy atom. The summed E-state index contributed by atoms with van der Waals surface area (Å²) in [5.41, 5.74) is 7.43. The van der Waals surface area contributed by atoms with Crippen LogP contribution in [-0.4, -0.2) is 78.6 Å². The summed E-state index contributed by atoms with van der Waals surface area (Å²) in [6, 6.07) is 10.3. The van der Waals surface area contributed by atoms with E-state index in [1.807, 2.05) is 17.0 Å². The van der Waals surface area contributed by atoms with Gasteiger partial charge in [0.05, 0.1) is 32.8 Å². The van der Waals surface area contributed by atoms with Crippen molar-refractivity contribution in [3.63, 3.8) is 0 Å². The summed E-state index contributed by atoms with van der Waals surface area (Å²) >= 11 is 0. The van der Waals surface area contributed by atoms with Crippen LogP contribution in [0.2, 0.25) is 0 Å². The second-order valence-corrected chi connectivity index (χ2v) is 13.0. The van der Waals surface area contributed by atoms with Crippen molar-refractivity contribution >= 4 is 36.3 Å². The van der Waals surface area contributed by atoms with E-state index in [1.54, 1.807) is 18.2 Å². The minimum Gasteiger partial charge on any atom is -0.369 e. The normalized spacial score (nSPS) is 16.9. The van der Waals surface area contributed by atoms with Crippen LogP contribution in [0, 0.1) is 0 Å². The second-order valence-electron chi connectivity index (χ2n) is 7.62. The number of tetrazole rings is 1. The van der Waals surface area contributed by atoms with Crippen molar-refractivity contribution in [2.24, 2.45) is 10.9 Å². The Bertz CT molecular complexity index is 1430. The third-order valence-electron chi connectivity index (χ3n) is 5.39. The van der Waals surface area contributed by atoms with Gasteiger partial charge in [0.2, 0.25) is 15.8 Å². The Hall–Kier alpha value is -2.72. The van der Waals surface area contributed by atoms with E-state index in [0.717, 1.165) is 5.69 Å². The van der Waals surface area contributed by atoms with Gasteiger partial charge in [-0.3, -0.25) is 4.21 Å². The van der Waals surface area contributed by atoms with E-state index in [-0.39, 0.29) is 45.0 Å². The molecule has 0 bridgehead atoms. The molecule has 34 heavy (non-hydrogen) atoms. The quantitative estimate of drug-likeness (QED) is 0.361. The maximum atomic E-state index is 12.8. The van der Waals surface area contributed by atoms with Gasteiger partial charge in [-0.1, -0.05) is 18.2 Å². The van der Waals surface area contributed by atoms with Gasteiger partial charge >= 0.3 is 0 Å². The zero-order chi connectivity index (χ0) is 24.5. The first kappa shape index (κ1) is 24.4. The highest BCUT2D eigenvalue weighted by Crippen LogP contribution is 2.39. The third kappa shape index (κ3) is 5.02. The van der Waals surface area contributed by atoms with Gasteiger partial charge in [0.25, 0.3) is 0 Å². The number of aromatic nitrogens is 4. The molecule has 2 aromatic carbocycles.